The highest BCUT2D eigenvalue weighted by molar-refractivity contribution is 5.94. The lowest BCUT2D eigenvalue weighted by molar-refractivity contribution is -0.0753. The first-order chi connectivity index (χ1) is 11.8. The Kier molecular flexibility index (Phi) is 4.21. The third-order valence-electron chi connectivity index (χ3n) is 4.81. The van der Waals surface area contributed by atoms with Gasteiger partial charge in [0, 0.05) is 36.9 Å². The molecule has 2 aromatic rings. The second-order valence-electron chi connectivity index (χ2n) is 6.30. The largest absolute Gasteiger partial charge is 0.374 e. The quantitative estimate of drug-likeness (QED) is 0.848. The van der Waals surface area contributed by atoms with Crippen LogP contribution in [-0.4, -0.2) is 51.1 Å². The summed E-state index contributed by atoms with van der Waals surface area (Å²) in [5.41, 5.74) is 1.38. The van der Waals surface area contributed by atoms with Crippen molar-refractivity contribution in [1.82, 2.24) is 19.9 Å². The van der Waals surface area contributed by atoms with Crippen LogP contribution in [0.2, 0.25) is 0 Å². The number of fused-ring (bicyclic) bond motifs is 1. The molecule has 0 bridgehead atoms. The SMILES string of the molecule is O=C(c1cnc(-c2cccnc2)nc1)N1CCO[C@@H]2CCCC[C@H]21. The Morgan fingerprint density at radius 2 is 2.00 bits per heavy atom. The predicted molar refractivity (Wildman–Crippen MR) is 88.3 cm³/mol. The molecular weight excluding hydrogens is 304 g/mol. The second kappa shape index (κ2) is 6.65. The van der Waals surface area contributed by atoms with Crippen LogP contribution in [0.15, 0.2) is 36.9 Å². The number of hydrogen-bond donors (Lipinski definition) is 0. The molecule has 0 aromatic carbocycles. The van der Waals surface area contributed by atoms with Crippen LogP contribution in [0.5, 0.6) is 0 Å². The molecule has 1 aliphatic carbocycles. The summed E-state index contributed by atoms with van der Waals surface area (Å²) in [4.78, 5) is 27.6. The fraction of sp³-hybridized carbons (Fsp3) is 0.444. The number of amides is 1. The Morgan fingerprint density at radius 3 is 2.79 bits per heavy atom. The Hall–Kier alpha value is -2.34. The van der Waals surface area contributed by atoms with E-state index < -0.39 is 0 Å². The van der Waals surface area contributed by atoms with Crippen molar-refractivity contribution in [3.8, 4) is 11.4 Å². The molecule has 4 rings (SSSR count). The minimum atomic E-state index is 0.00735. The molecule has 124 valence electrons. The lowest BCUT2D eigenvalue weighted by Crippen LogP contribution is -2.54. The summed E-state index contributed by atoms with van der Waals surface area (Å²) in [6, 6.07) is 3.94. The fourth-order valence-electron chi connectivity index (χ4n) is 3.60. The van der Waals surface area contributed by atoms with Crippen molar-refractivity contribution in [2.45, 2.75) is 37.8 Å². The van der Waals surface area contributed by atoms with Crippen LogP contribution < -0.4 is 0 Å². The molecule has 2 fully saturated rings. The summed E-state index contributed by atoms with van der Waals surface area (Å²) in [6.07, 6.45) is 11.3. The molecular formula is C18H20N4O2. The van der Waals surface area contributed by atoms with Crippen LogP contribution in [-0.2, 0) is 4.74 Å². The van der Waals surface area contributed by atoms with Crippen molar-refractivity contribution in [3.05, 3.63) is 42.5 Å². The number of rotatable bonds is 2. The van der Waals surface area contributed by atoms with Crippen molar-refractivity contribution in [1.29, 1.82) is 0 Å². The van der Waals surface area contributed by atoms with Crippen molar-refractivity contribution in [2.75, 3.05) is 13.2 Å². The molecule has 2 aromatic heterocycles. The standard InChI is InChI=1S/C18H20N4O2/c23-18(22-8-9-24-16-6-2-1-5-15(16)22)14-11-20-17(21-12-14)13-4-3-7-19-10-13/h3-4,7,10-12,15-16H,1-2,5-6,8-9H2/t15-,16-/m1/s1. The minimum absolute atomic E-state index is 0.00735. The van der Waals surface area contributed by atoms with Crippen LogP contribution in [0.4, 0.5) is 0 Å². The lowest BCUT2D eigenvalue weighted by Gasteiger charge is -2.43. The van der Waals surface area contributed by atoms with Gasteiger partial charge in [0.25, 0.3) is 5.91 Å². The van der Waals surface area contributed by atoms with E-state index in [1.54, 1.807) is 24.8 Å². The van der Waals surface area contributed by atoms with Crippen molar-refractivity contribution in [2.24, 2.45) is 0 Å². The molecule has 3 heterocycles. The van der Waals surface area contributed by atoms with E-state index in [1.807, 2.05) is 17.0 Å². The third-order valence-corrected chi connectivity index (χ3v) is 4.81. The van der Waals surface area contributed by atoms with Gasteiger partial charge in [-0.2, -0.15) is 0 Å². The van der Waals surface area contributed by atoms with Gasteiger partial charge in [-0.25, -0.2) is 9.97 Å². The molecule has 0 N–H and O–H groups in total. The number of carbonyl (C=O) groups excluding carboxylic acids is 1. The van der Waals surface area contributed by atoms with Gasteiger partial charge in [-0.05, 0) is 25.0 Å². The number of ether oxygens (including phenoxy) is 1. The second-order valence-corrected chi connectivity index (χ2v) is 6.30. The molecule has 1 saturated carbocycles. The van der Waals surface area contributed by atoms with Crippen LogP contribution in [0.1, 0.15) is 36.0 Å². The molecule has 2 atom stereocenters. The molecule has 1 amide bonds. The van der Waals surface area contributed by atoms with E-state index in [2.05, 4.69) is 15.0 Å². The number of hydrogen-bond acceptors (Lipinski definition) is 5. The van der Waals surface area contributed by atoms with Gasteiger partial charge in [0.15, 0.2) is 5.82 Å². The highest BCUT2D eigenvalue weighted by atomic mass is 16.5. The summed E-state index contributed by atoms with van der Waals surface area (Å²) in [6.45, 7) is 1.26. The van der Waals surface area contributed by atoms with E-state index in [9.17, 15) is 4.79 Å². The molecule has 0 radical (unpaired) electrons. The summed E-state index contributed by atoms with van der Waals surface area (Å²) < 4.78 is 5.84. The zero-order valence-corrected chi connectivity index (χ0v) is 13.5. The van der Waals surface area contributed by atoms with Gasteiger partial charge in [0.1, 0.15) is 0 Å². The van der Waals surface area contributed by atoms with Gasteiger partial charge in [0.05, 0.1) is 24.3 Å². The number of aromatic nitrogens is 3. The van der Waals surface area contributed by atoms with Gasteiger partial charge < -0.3 is 9.64 Å². The first kappa shape index (κ1) is 15.2. The predicted octanol–water partition coefficient (Wildman–Crippen LogP) is 2.32. The van der Waals surface area contributed by atoms with Crippen LogP contribution in [0, 0.1) is 0 Å². The average Bonchev–Trinajstić information content (AvgIpc) is 2.68. The lowest BCUT2D eigenvalue weighted by atomic mass is 9.90. The van der Waals surface area contributed by atoms with Crippen molar-refractivity contribution >= 4 is 5.91 Å². The molecule has 6 heteroatoms. The average molecular weight is 324 g/mol. The molecule has 0 spiro atoms. The number of morpholine rings is 1. The van der Waals surface area contributed by atoms with Gasteiger partial charge in [0.2, 0.25) is 0 Å². The molecule has 1 aliphatic heterocycles. The molecule has 0 unspecified atom stereocenters. The van der Waals surface area contributed by atoms with E-state index >= 15 is 0 Å². The first-order valence-corrected chi connectivity index (χ1v) is 8.48. The van der Waals surface area contributed by atoms with E-state index in [1.165, 1.54) is 6.42 Å². The number of carbonyl (C=O) groups is 1. The van der Waals surface area contributed by atoms with Gasteiger partial charge in [-0.1, -0.05) is 12.8 Å². The number of pyridine rings is 1. The summed E-state index contributed by atoms with van der Waals surface area (Å²) in [7, 11) is 0. The third kappa shape index (κ3) is 2.89. The molecule has 1 saturated heterocycles. The minimum Gasteiger partial charge on any atom is -0.374 e. The Morgan fingerprint density at radius 1 is 1.17 bits per heavy atom. The van der Waals surface area contributed by atoms with Gasteiger partial charge in [-0.3, -0.25) is 9.78 Å². The van der Waals surface area contributed by atoms with Gasteiger partial charge in [-0.15, -0.1) is 0 Å². The summed E-state index contributed by atoms with van der Waals surface area (Å²) in [5.74, 6) is 0.588. The maximum atomic E-state index is 12.9. The van der Waals surface area contributed by atoms with Gasteiger partial charge >= 0.3 is 0 Å². The normalized spacial score (nSPS) is 23.6. The molecule has 6 nitrogen and oxygen atoms in total. The smallest absolute Gasteiger partial charge is 0.257 e. The highest BCUT2D eigenvalue weighted by Gasteiger charge is 2.37. The maximum Gasteiger partial charge on any atom is 0.257 e. The van der Waals surface area contributed by atoms with Crippen molar-refractivity contribution in [3.63, 3.8) is 0 Å². The number of nitrogens with zero attached hydrogens (tertiary/aromatic N) is 4. The van der Waals surface area contributed by atoms with E-state index in [0.717, 1.165) is 24.8 Å². The summed E-state index contributed by atoms with van der Waals surface area (Å²) >= 11 is 0. The van der Waals surface area contributed by atoms with E-state index in [4.69, 9.17) is 4.74 Å². The Labute approximate surface area is 140 Å². The van der Waals surface area contributed by atoms with E-state index in [0.29, 0.717) is 24.5 Å². The molecule has 24 heavy (non-hydrogen) atoms. The van der Waals surface area contributed by atoms with Crippen LogP contribution in [0.3, 0.4) is 0 Å². The highest BCUT2D eigenvalue weighted by Crippen LogP contribution is 2.29. The van der Waals surface area contributed by atoms with Crippen LogP contribution >= 0.6 is 0 Å². The summed E-state index contributed by atoms with van der Waals surface area (Å²) in [5, 5.41) is 0. The zero-order valence-electron chi connectivity index (χ0n) is 13.5. The monoisotopic (exact) mass is 324 g/mol. The Bertz CT molecular complexity index is 703. The fourth-order valence-corrected chi connectivity index (χ4v) is 3.60. The first-order valence-electron chi connectivity index (χ1n) is 8.48. The topological polar surface area (TPSA) is 68.2 Å². The van der Waals surface area contributed by atoms with E-state index in [-0.39, 0.29) is 18.1 Å². The molecule has 2 aliphatic rings. The van der Waals surface area contributed by atoms with Crippen molar-refractivity contribution < 1.29 is 9.53 Å². The Balaban J connectivity index is 1.53. The maximum absolute atomic E-state index is 12.9. The zero-order chi connectivity index (χ0) is 16.4. The van der Waals surface area contributed by atoms with Crippen LogP contribution in [0.25, 0.3) is 11.4 Å².